The van der Waals surface area contributed by atoms with Gasteiger partial charge in [-0.2, -0.15) is 0 Å². The molecule has 2 heterocycles. The number of rotatable bonds is 4. The van der Waals surface area contributed by atoms with Crippen molar-refractivity contribution in [1.29, 1.82) is 0 Å². The number of halogens is 1. The maximum Gasteiger partial charge on any atom is 0.410 e. The number of carbonyl (C=O) groups is 2. The summed E-state index contributed by atoms with van der Waals surface area (Å²) >= 11 is 0. The van der Waals surface area contributed by atoms with E-state index < -0.39 is 39.3 Å². The molecule has 0 aromatic carbocycles. The summed E-state index contributed by atoms with van der Waals surface area (Å²) in [4.78, 5) is 28.0. The molecule has 3 N–H and O–H groups in total. The van der Waals surface area contributed by atoms with Crippen LogP contribution in [0.5, 0.6) is 0 Å². The van der Waals surface area contributed by atoms with Crippen molar-refractivity contribution in [1.82, 2.24) is 19.2 Å². The van der Waals surface area contributed by atoms with Gasteiger partial charge in [0.2, 0.25) is 0 Å². The van der Waals surface area contributed by atoms with E-state index in [1.54, 1.807) is 9.80 Å². The zero-order valence-electron chi connectivity index (χ0n) is 32.8. The van der Waals surface area contributed by atoms with Gasteiger partial charge in [0.25, 0.3) is 0 Å². The second-order valence-electron chi connectivity index (χ2n) is 18.9. The quantitative estimate of drug-likeness (QED) is 0.314. The lowest BCUT2D eigenvalue weighted by molar-refractivity contribution is 0.00619. The Balaban J connectivity index is 0.000000270. The average molecular weight is 751 g/mol. The molecule has 2 saturated heterocycles. The molecule has 0 aromatic rings. The lowest BCUT2D eigenvalue weighted by atomic mass is 9.74. The van der Waals surface area contributed by atoms with Crippen LogP contribution in [-0.4, -0.2) is 107 Å². The van der Waals surface area contributed by atoms with Crippen molar-refractivity contribution in [2.45, 2.75) is 180 Å². The molecule has 6 atom stereocenters. The number of hydrogen-bond donors (Lipinski definition) is 3. The summed E-state index contributed by atoms with van der Waals surface area (Å²) in [6.07, 6.45) is 3.39. The minimum atomic E-state index is -1.22. The number of likely N-dealkylation sites (tertiary alicyclic amines) is 2. The molecule has 0 radical (unpaired) electrons. The largest absolute Gasteiger partial charge is 0.444 e. The zero-order chi connectivity index (χ0) is 38.1. The van der Waals surface area contributed by atoms with Gasteiger partial charge in [-0.15, -0.1) is 0 Å². The van der Waals surface area contributed by atoms with Gasteiger partial charge in [-0.1, -0.05) is 0 Å². The number of alkyl halides is 1. The standard InChI is InChI=1S/C18H33FN2O3S.C18H34N2O4S/c1-16(2,3)24-15(22)21-9-7-18(8-10-21)12-13(19)11-14(18)20-25(23)17(4,5)6;1-16(2,3)24-15(22)20-9-7-18(8-10-20)12-13(21)11-14(18)19-25(23)17(4,5)6/h13-14,20H,7-12H2,1-6H3;13-14,19,21H,7-12H2,1-6H3/t13-,14+,25+;13-,14-,25-/m01/s1. The summed E-state index contributed by atoms with van der Waals surface area (Å²) in [7, 11) is -2.39. The molecule has 2 amide bonds. The molecule has 0 unspecified atom stereocenters. The molecular weight excluding hydrogens is 684 g/mol. The van der Waals surface area contributed by atoms with Crippen molar-refractivity contribution in [3.8, 4) is 0 Å². The molecule has 14 heteroatoms. The van der Waals surface area contributed by atoms with Crippen LogP contribution in [0.3, 0.4) is 0 Å². The van der Waals surface area contributed by atoms with Gasteiger partial charge in [-0.05, 0) is 145 Å². The number of ether oxygens (including phenoxy) is 2. The normalized spacial score (nSPS) is 28.2. The van der Waals surface area contributed by atoms with E-state index in [4.69, 9.17) is 9.47 Å². The molecule has 2 spiro atoms. The van der Waals surface area contributed by atoms with Crippen molar-refractivity contribution in [3.05, 3.63) is 0 Å². The second kappa shape index (κ2) is 15.9. The van der Waals surface area contributed by atoms with Gasteiger partial charge in [0.1, 0.15) is 17.4 Å². The lowest BCUT2D eigenvalue weighted by Gasteiger charge is -2.43. The van der Waals surface area contributed by atoms with E-state index in [0.29, 0.717) is 64.7 Å². The number of aliphatic hydroxyl groups is 1. The number of carbonyl (C=O) groups excluding carboxylic acids is 2. The first-order valence-corrected chi connectivity index (χ1v) is 20.6. The van der Waals surface area contributed by atoms with E-state index in [9.17, 15) is 27.5 Å². The van der Waals surface area contributed by atoms with Gasteiger partial charge in [-0.25, -0.2) is 31.8 Å². The van der Waals surface area contributed by atoms with Crippen LogP contribution in [-0.2, 0) is 31.4 Å². The van der Waals surface area contributed by atoms with E-state index in [0.717, 1.165) is 12.8 Å². The molecule has 0 bridgehead atoms. The highest BCUT2D eigenvalue weighted by Gasteiger charge is 2.52. The number of amides is 2. The lowest BCUT2D eigenvalue weighted by Crippen LogP contribution is -2.52. The Morgan fingerprint density at radius 3 is 1.34 bits per heavy atom. The van der Waals surface area contributed by atoms with Crippen LogP contribution >= 0.6 is 0 Å². The Labute approximate surface area is 306 Å². The average Bonchev–Trinajstić information content (AvgIpc) is 3.40. The summed E-state index contributed by atoms with van der Waals surface area (Å²) in [5.74, 6) is 0. The molecule has 11 nitrogen and oxygen atoms in total. The van der Waals surface area contributed by atoms with Gasteiger partial charge in [0, 0.05) is 38.3 Å². The van der Waals surface area contributed by atoms with Crippen LogP contribution in [0, 0.1) is 10.8 Å². The number of nitrogens with one attached hydrogen (secondary N) is 2. The second-order valence-corrected chi connectivity index (χ2v) is 22.9. The van der Waals surface area contributed by atoms with Crippen LogP contribution in [0.4, 0.5) is 14.0 Å². The third-order valence-corrected chi connectivity index (χ3v) is 13.4. The summed E-state index contributed by atoms with van der Waals surface area (Å²) in [6, 6.07) is -0.0910. The highest BCUT2D eigenvalue weighted by molar-refractivity contribution is 7.84. The Hall–Kier alpha value is -1.35. The predicted molar refractivity (Wildman–Crippen MR) is 198 cm³/mol. The Morgan fingerprint density at radius 1 is 0.660 bits per heavy atom. The third kappa shape index (κ3) is 11.8. The molecule has 4 aliphatic rings. The predicted octanol–water partition coefficient (Wildman–Crippen LogP) is 6.13. The fourth-order valence-corrected chi connectivity index (χ4v) is 9.29. The zero-order valence-corrected chi connectivity index (χ0v) is 34.4. The van der Waals surface area contributed by atoms with Crippen molar-refractivity contribution >= 4 is 34.2 Å². The van der Waals surface area contributed by atoms with Crippen molar-refractivity contribution in [2.24, 2.45) is 10.8 Å². The maximum atomic E-state index is 14.2. The van der Waals surface area contributed by atoms with Crippen LogP contribution in [0.15, 0.2) is 0 Å². The number of nitrogens with zero attached hydrogens (tertiary/aromatic N) is 2. The summed E-state index contributed by atoms with van der Waals surface area (Å²) in [6.45, 7) is 25.1. The van der Waals surface area contributed by atoms with Crippen LogP contribution in [0.1, 0.15) is 134 Å². The molecule has 2 saturated carbocycles. The minimum Gasteiger partial charge on any atom is -0.444 e. The minimum absolute atomic E-state index is 0.0170. The number of hydrogen-bond acceptors (Lipinski definition) is 7. The molecule has 50 heavy (non-hydrogen) atoms. The van der Waals surface area contributed by atoms with Crippen LogP contribution < -0.4 is 9.44 Å². The highest BCUT2D eigenvalue weighted by atomic mass is 32.2. The molecule has 2 aliphatic heterocycles. The van der Waals surface area contributed by atoms with Gasteiger partial charge in [-0.3, -0.25) is 0 Å². The molecular formula is C36H67FN4O7S2. The first-order chi connectivity index (χ1) is 22.6. The van der Waals surface area contributed by atoms with E-state index in [2.05, 4.69) is 9.44 Å². The van der Waals surface area contributed by atoms with Gasteiger partial charge >= 0.3 is 12.2 Å². The van der Waals surface area contributed by atoms with E-state index >= 15 is 0 Å². The van der Waals surface area contributed by atoms with Gasteiger partial charge < -0.3 is 24.4 Å². The fourth-order valence-electron chi connectivity index (χ4n) is 7.37. The Morgan fingerprint density at radius 2 is 1.00 bits per heavy atom. The van der Waals surface area contributed by atoms with Crippen LogP contribution in [0.25, 0.3) is 0 Å². The first-order valence-electron chi connectivity index (χ1n) is 18.3. The summed E-state index contributed by atoms with van der Waals surface area (Å²) in [5, 5.41) is 10.2. The van der Waals surface area contributed by atoms with E-state index in [1.165, 1.54) is 0 Å². The first kappa shape index (κ1) is 43.1. The SMILES string of the molecule is CC(C)(C)OC(=O)N1CCC2(CC1)C[C@@H](F)C[C@H]2N[S@](=O)C(C)(C)C.CC(C)(C)OC(=O)N1CCC2(CC1)C[C@H](O)C[C@H]2N[S@](=O)C(C)(C)C. The fraction of sp³-hybridized carbons (Fsp3) is 0.944. The van der Waals surface area contributed by atoms with Gasteiger partial charge in [0.15, 0.2) is 0 Å². The number of aliphatic hydroxyl groups excluding tert-OH is 1. The third-order valence-electron chi connectivity index (χ3n) is 10.2. The van der Waals surface area contributed by atoms with E-state index in [-0.39, 0.29) is 50.7 Å². The topological polar surface area (TPSA) is 138 Å². The number of piperidine rings is 2. The summed E-state index contributed by atoms with van der Waals surface area (Å²) < 4.78 is 55.8. The maximum absolute atomic E-state index is 14.2. The van der Waals surface area contributed by atoms with Crippen LogP contribution in [0.2, 0.25) is 0 Å². The van der Waals surface area contributed by atoms with Gasteiger partial charge in [0.05, 0.1) is 37.6 Å². The molecule has 4 fully saturated rings. The molecule has 292 valence electrons. The van der Waals surface area contributed by atoms with E-state index in [1.807, 2.05) is 83.1 Å². The highest BCUT2D eigenvalue weighted by Crippen LogP contribution is 2.49. The smallest absolute Gasteiger partial charge is 0.410 e. The van der Waals surface area contributed by atoms with Crippen molar-refractivity contribution in [3.63, 3.8) is 0 Å². The van der Waals surface area contributed by atoms with Crippen molar-refractivity contribution in [2.75, 3.05) is 26.2 Å². The Bertz CT molecular complexity index is 1130. The molecule has 2 aliphatic carbocycles. The summed E-state index contributed by atoms with van der Waals surface area (Å²) in [5.41, 5.74) is -1.33. The van der Waals surface area contributed by atoms with Crippen molar-refractivity contribution < 1.29 is 37.0 Å². The Kier molecular flexibility index (Phi) is 13.7. The molecule has 4 rings (SSSR count). The monoisotopic (exact) mass is 750 g/mol. The molecule has 0 aromatic heterocycles.